The van der Waals surface area contributed by atoms with Crippen LogP contribution >= 0.6 is 0 Å². The highest BCUT2D eigenvalue weighted by molar-refractivity contribution is 7.89. The predicted molar refractivity (Wildman–Crippen MR) is 138 cm³/mol. The van der Waals surface area contributed by atoms with E-state index in [1.165, 1.54) is 17.9 Å². The van der Waals surface area contributed by atoms with E-state index >= 15 is 0 Å². The molecule has 3 aromatic rings. The molecule has 1 heterocycles. The summed E-state index contributed by atoms with van der Waals surface area (Å²) in [4.78, 5) is 23.3. The zero-order chi connectivity index (χ0) is 27.6. The second-order valence-corrected chi connectivity index (χ2v) is 10.8. The van der Waals surface area contributed by atoms with E-state index in [0.717, 1.165) is 23.3 Å². The van der Waals surface area contributed by atoms with Gasteiger partial charge in [-0.3, -0.25) is 14.9 Å². The van der Waals surface area contributed by atoms with Gasteiger partial charge in [0.05, 0.1) is 17.2 Å². The molecule has 1 aromatic heterocycles. The van der Waals surface area contributed by atoms with E-state index in [9.17, 15) is 23.3 Å². The van der Waals surface area contributed by atoms with Crippen LogP contribution < -0.4 is 14.8 Å². The van der Waals surface area contributed by atoms with Crippen LogP contribution in [0.2, 0.25) is 0 Å². The molecule has 38 heavy (non-hydrogen) atoms. The molecule has 0 radical (unpaired) electrons. The van der Waals surface area contributed by atoms with Crippen molar-refractivity contribution >= 4 is 21.6 Å². The van der Waals surface area contributed by atoms with Crippen LogP contribution in [0.25, 0.3) is 5.69 Å². The number of non-ortho nitro benzene ring substituents is 1. The van der Waals surface area contributed by atoms with Gasteiger partial charge in [0.2, 0.25) is 15.9 Å². The molecule has 202 valence electrons. The van der Waals surface area contributed by atoms with E-state index < -0.39 is 26.5 Å². The topological polar surface area (TPSA) is 155 Å². The number of aromatic nitrogens is 2. The summed E-state index contributed by atoms with van der Waals surface area (Å²) >= 11 is 0. The molecule has 1 fully saturated rings. The van der Waals surface area contributed by atoms with Crippen molar-refractivity contribution in [3.63, 3.8) is 0 Å². The van der Waals surface area contributed by atoms with Crippen molar-refractivity contribution in [1.29, 1.82) is 0 Å². The van der Waals surface area contributed by atoms with Gasteiger partial charge in [0.25, 0.3) is 11.6 Å². The molecule has 4 rings (SSSR count). The number of methoxy groups -OCH3 is 1. The van der Waals surface area contributed by atoms with Crippen LogP contribution in [0, 0.1) is 30.9 Å². The molecule has 1 saturated carbocycles. The van der Waals surface area contributed by atoms with E-state index in [2.05, 4.69) is 15.1 Å². The van der Waals surface area contributed by atoms with Crippen LogP contribution in [-0.2, 0) is 14.8 Å². The van der Waals surface area contributed by atoms with Gasteiger partial charge < -0.3 is 14.8 Å². The van der Waals surface area contributed by atoms with Gasteiger partial charge in [-0.1, -0.05) is 12.1 Å². The van der Waals surface area contributed by atoms with Gasteiger partial charge in [0, 0.05) is 37.4 Å². The van der Waals surface area contributed by atoms with Crippen molar-refractivity contribution in [3.05, 3.63) is 68.9 Å². The molecule has 13 heteroatoms. The molecule has 0 atom stereocenters. The molecular formula is C25H29N5O7S. The lowest BCUT2D eigenvalue weighted by Crippen LogP contribution is -2.28. The number of nitrogens with zero attached hydrogens (tertiary/aromatic N) is 3. The summed E-state index contributed by atoms with van der Waals surface area (Å²) in [5, 5.41) is 18.7. The summed E-state index contributed by atoms with van der Waals surface area (Å²) in [5.74, 6) is -0.489. The van der Waals surface area contributed by atoms with E-state index in [1.54, 1.807) is 6.92 Å². The summed E-state index contributed by atoms with van der Waals surface area (Å²) in [5.41, 5.74) is 2.44. The Bertz CT molecular complexity index is 1500. The average Bonchev–Trinajstić information content (AvgIpc) is 3.62. The van der Waals surface area contributed by atoms with E-state index in [-0.39, 0.29) is 34.8 Å². The summed E-state index contributed by atoms with van der Waals surface area (Å²) in [6.07, 6.45) is 1.37. The van der Waals surface area contributed by atoms with Crippen LogP contribution in [0.15, 0.2) is 41.3 Å². The SMILES string of the molecule is COCCNC(=O)c1nn(-c2cc(C)ccc2C)c(Oc2ccc([N+](=O)[O-])cc2S(=O)(=O)NC2CC2)c1C. The summed E-state index contributed by atoms with van der Waals surface area (Å²) < 4.78 is 41.4. The van der Waals surface area contributed by atoms with Crippen LogP contribution in [0.5, 0.6) is 11.6 Å². The first-order valence-electron chi connectivity index (χ1n) is 11.9. The quantitative estimate of drug-likeness (QED) is 0.212. The fourth-order valence-electron chi connectivity index (χ4n) is 3.77. The number of nitrogens with one attached hydrogen (secondary N) is 2. The fourth-order valence-corrected chi connectivity index (χ4v) is 5.22. The third-order valence-electron chi connectivity index (χ3n) is 6.00. The predicted octanol–water partition coefficient (Wildman–Crippen LogP) is 3.31. The lowest BCUT2D eigenvalue weighted by molar-refractivity contribution is -0.385. The van der Waals surface area contributed by atoms with Crippen molar-refractivity contribution in [2.45, 2.75) is 44.6 Å². The molecule has 0 aliphatic heterocycles. The third kappa shape index (κ3) is 5.85. The average molecular weight is 544 g/mol. The van der Waals surface area contributed by atoms with Gasteiger partial charge in [-0.25, -0.2) is 13.1 Å². The number of ether oxygens (including phenoxy) is 2. The Hall–Kier alpha value is -3.81. The minimum atomic E-state index is -4.14. The number of hydrogen-bond acceptors (Lipinski definition) is 8. The first-order chi connectivity index (χ1) is 18.0. The number of carbonyl (C=O) groups is 1. The number of aryl methyl sites for hydroxylation is 2. The molecule has 2 N–H and O–H groups in total. The van der Waals surface area contributed by atoms with Crippen molar-refractivity contribution < 1.29 is 27.6 Å². The van der Waals surface area contributed by atoms with E-state index in [1.807, 2.05) is 32.0 Å². The first-order valence-corrected chi connectivity index (χ1v) is 13.4. The summed E-state index contributed by atoms with van der Waals surface area (Å²) in [6.45, 7) is 5.98. The highest BCUT2D eigenvalue weighted by Crippen LogP contribution is 2.37. The Labute approximate surface area is 220 Å². The maximum Gasteiger partial charge on any atom is 0.272 e. The monoisotopic (exact) mass is 543 g/mol. The van der Waals surface area contributed by atoms with E-state index in [4.69, 9.17) is 9.47 Å². The Balaban J connectivity index is 1.85. The van der Waals surface area contributed by atoms with Crippen LogP contribution in [0.3, 0.4) is 0 Å². The fraction of sp³-hybridized carbons (Fsp3) is 0.360. The first kappa shape index (κ1) is 27.2. The molecular weight excluding hydrogens is 514 g/mol. The number of carbonyl (C=O) groups excluding carboxylic acids is 1. The second kappa shape index (κ2) is 10.9. The molecule has 2 aromatic carbocycles. The maximum atomic E-state index is 13.2. The lowest BCUT2D eigenvalue weighted by Gasteiger charge is -2.15. The standard InChI is InChI=1S/C25H29N5O7S/c1-15-5-6-16(2)20(13-15)29-25(17(3)23(27-29)24(31)26-11-12-36-4)37-21-10-9-19(30(32)33)14-22(21)38(34,35)28-18-7-8-18/h5-6,9-10,13-14,18,28H,7-8,11-12H2,1-4H3,(H,26,31). The number of benzene rings is 2. The highest BCUT2D eigenvalue weighted by Gasteiger charge is 2.32. The molecule has 12 nitrogen and oxygen atoms in total. The van der Waals surface area contributed by atoms with Crippen LogP contribution in [0.4, 0.5) is 5.69 Å². The smallest absolute Gasteiger partial charge is 0.272 e. The molecule has 0 unspecified atom stereocenters. The molecule has 1 aliphatic carbocycles. The highest BCUT2D eigenvalue weighted by atomic mass is 32.2. The van der Waals surface area contributed by atoms with Gasteiger partial charge >= 0.3 is 0 Å². The van der Waals surface area contributed by atoms with Crippen LogP contribution in [-0.4, -0.2) is 55.3 Å². The van der Waals surface area contributed by atoms with Gasteiger partial charge in [0.1, 0.15) is 10.6 Å². The Morgan fingerprint density at radius 3 is 2.58 bits per heavy atom. The second-order valence-electron chi connectivity index (χ2n) is 9.11. The zero-order valence-electron chi connectivity index (χ0n) is 21.5. The molecule has 1 amide bonds. The Morgan fingerprint density at radius 2 is 1.92 bits per heavy atom. The maximum absolute atomic E-state index is 13.2. The van der Waals surface area contributed by atoms with Crippen molar-refractivity contribution in [2.24, 2.45) is 0 Å². The van der Waals surface area contributed by atoms with Crippen molar-refractivity contribution in [3.8, 4) is 17.3 Å². The Morgan fingerprint density at radius 1 is 1.18 bits per heavy atom. The lowest BCUT2D eigenvalue weighted by atomic mass is 10.1. The van der Waals surface area contributed by atoms with Gasteiger partial charge in [-0.15, -0.1) is 0 Å². The Kier molecular flexibility index (Phi) is 7.81. The van der Waals surface area contributed by atoms with Gasteiger partial charge in [-0.05, 0) is 56.9 Å². The van der Waals surface area contributed by atoms with Crippen molar-refractivity contribution in [1.82, 2.24) is 19.8 Å². The van der Waals surface area contributed by atoms with Gasteiger partial charge in [0.15, 0.2) is 5.69 Å². The number of nitro benzene ring substituents is 1. The number of nitro groups is 1. The molecule has 0 spiro atoms. The summed E-state index contributed by atoms with van der Waals surface area (Å²) in [6, 6.07) is 8.83. The van der Waals surface area contributed by atoms with Crippen molar-refractivity contribution in [2.75, 3.05) is 20.3 Å². The zero-order valence-corrected chi connectivity index (χ0v) is 22.3. The number of amides is 1. The van der Waals surface area contributed by atoms with E-state index in [0.29, 0.717) is 30.7 Å². The van der Waals surface area contributed by atoms with Gasteiger partial charge in [-0.2, -0.15) is 9.78 Å². The number of hydrogen-bond donors (Lipinski definition) is 2. The summed E-state index contributed by atoms with van der Waals surface area (Å²) in [7, 11) is -2.62. The molecule has 0 saturated heterocycles. The normalized spacial score (nSPS) is 13.4. The van der Waals surface area contributed by atoms with Crippen LogP contribution in [0.1, 0.15) is 40.0 Å². The minimum absolute atomic E-state index is 0.0828. The third-order valence-corrected chi connectivity index (χ3v) is 7.54. The molecule has 1 aliphatic rings. The number of rotatable bonds is 11. The number of sulfonamides is 1. The molecule has 0 bridgehead atoms. The minimum Gasteiger partial charge on any atom is -0.437 e. The largest absolute Gasteiger partial charge is 0.437 e.